The van der Waals surface area contributed by atoms with E-state index in [1.807, 2.05) is 0 Å². The van der Waals surface area contributed by atoms with Crippen molar-refractivity contribution in [2.45, 2.75) is 19.4 Å². The standard InChI is InChI=1S/C12H22N4O2/c1-11(14)12(17)16(4-2-3-13)6-5-15-7-9-18-10-8-15/h11H,2,4-10,14H2,1H3. The number of nitrogens with zero attached hydrogens (tertiary/aromatic N) is 3. The highest BCUT2D eigenvalue weighted by atomic mass is 16.5. The first-order valence-electron chi connectivity index (χ1n) is 6.36. The van der Waals surface area contributed by atoms with Gasteiger partial charge in [-0.15, -0.1) is 0 Å². The van der Waals surface area contributed by atoms with E-state index in [1.54, 1.807) is 11.8 Å². The van der Waals surface area contributed by atoms with Crippen LogP contribution in [0.1, 0.15) is 13.3 Å². The molecule has 0 bridgehead atoms. The molecule has 1 heterocycles. The van der Waals surface area contributed by atoms with Gasteiger partial charge >= 0.3 is 0 Å². The van der Waals surface area contributed by atoms with Crippen LogP contribution in [0, 0.1) is 11.3 Å². The van der Waals surface area contributed by atoms with E-state index in [-0.39, 0.29) is 5.91 Å². The molecule has 2 N–H and O–H groups in total. The fourth-order valence-corrected chi connectivity index (χ4v) is 1.89. The molecule has 1 saturated heterocycles. The van der Waals surface area contributed by atoms with E-state index < -0.39 is 6.04 Å². The second-order valence-electron chi connectivity index (χ2n) is 4.48. The number of ether oxygens (including phenoxy) is 1. The van der Waals surface area contributed by atoms with Crippen LogP contribution in [0.2, 0.25) is 0 Å². The number of morpholine rings is 1. The lowest BCUT2D eigenvalue weighted by molar-refractivity contribution is -0.132. The summed E-state index contributed by atoms with van der Waals surface area (Å²) in [7, 11) is 0. The predicted molar refractivity (Wildman–Crippen MR) is 67.7 cm³/mol. The lowest BCUT2D eigenvalue weighted by Crippen LogP contribution is -2.47. The Bertz CT molecular complexity index is 295. The molecular formula is C12H22N4O2. The van der Waals surface area contributed by atoms with Crippen LogP contribution in [0.4, 0.5) is 0 Å². The molecule has 102 valence electrons. The molecule has 0 aromatic carbocycles. The van der Waals surface area contributed by atoms with Gasteiger partial charge in [0.2, 0.25) is 5.91 Å². The van der Waals surface area contributed by atoms with Gasteiger partial charge in [-0.25, -0.2) is 0 Å². The number of nitriles is 1. The van der Waals surface area contributed by atoms with Crippen molar-refractivity contribution in [3.8, 4) is 6.07 Å². The summed E-state index contributed by atoms with van der Waals surface area (Å²) in [5.41, 5.74) is 5.61. The van der Waals surface area contributed by atoms with Gasteiger partial charge in [-0.05, 0) is 6.92 Å². The Morgan fingerprint density at radius 1 is 1.50 bits per heavy atom. The lowest BCUT2D eigenvalue weighted by Gasteiger charge is -2.30. The first-order chi connectivity index (χ1) is 8.65. The summed E-state index contributed by atoms with van der Waals surface area (Å²) in [6.45, 7) is 6.88. The molecule has 1 aliphatic heterocycles. The second-order valence-corrected chi connectivity index (χ2v) is 4.48. The number of amides is 1. The minimum Gasteiger partial charge on any atom is -0.379 e. The average molecular weight is 254 g/mol. The third-order valence-electron chi connectivity index (χ3n) is 2.98. The maximum Gasteiger partial charge on any atom is 0.239 e. The monoisotopic (exact) mass is 254 g/mol. The molecule has 6 nitrogen and oxygen atoms in total. The Balaban J connectivity index is 2.39. The van der Waals surface area contributed by atoms with Gasteiger partial charge in [-0.1, -0.05) is 0 Å². The van der Waals surface area contributed by atoms with E-state index in [0.29, 0.717) is 19.5 Å². The molecule has 0 aromatic heterocycles. The highest BCUT2D eigenvalue weighted by Gasteiger charge is 2.18. The Hall–Kier alpha value is -1.16. The van der Waals surface area contributed by atoms with Gasteiger partial charge < -0.3 is 15.4 Å². The van der Waals surface area contributed by atoms with E-state index in [0.717, 1.165) is 32.8 Å². The smallest absolute Gasteiger partial charge is 0.239 e. The molecule has 0 radical (unpaired) electrons. The number of rotatable bonds is 6. The Labute approximate surface area is 108 Å². The fourth-order valence-electron chi connectivity index (χ4n) is 1.89. The van der Waals surface area contributed by atoms with Crippen LogP contribution in [0.3, 0.4) is 0 Å². The molecule has 1 rings (SSSR count). The van der Waals surface area contributed by atoms with Gasteiger partial charge in [0.25, 0.3) is 0 Å². The first kappa shape index (κ1) is 14.9. The van der Waals surface area contributed by atoms with Crippen molar-refractivity contribution in [1.29, 1.82) is 5.26 Å². The van der Waals surface area contributed by atoms with Crippen molar-refractivity contribution in [3.05, 3.63) is 0 Å². The number of hydrogen-bond donors (Lipinski definition) is 1. The molecule has 0 aliphatic carbocycles. The summed E-state index contributed by atoms with van der Waals surface area (Å²) in [6.07, 6.45) is 0.349. The quantitative estimate of drug-likeness (QED) is 0.685. The molecule has 1 fully saturated rings. The van der Waals surface area contributed by atoms with E-state index in [4.69, 9.17) is 15.7 Å². The van der Waals surface area contributed by atoms with Gasteiger partial charge in [-0.2, -0.15) is 5.26 Å². The van der Waals surface area contributed by atoms with Crippen LogP contribution >= 0.6 is 0 Å². The zero-order valence-corrected chi connectivity index (χ0v) is 11.0. The molecule has 1 aliphatic rings. The van der Waals surface area contributed by atoms with Crippen LogP contribution in [0.5, 0.6) is 0 Å². The maximum atomic E-state index is 11.9. The molecule has 0 saturated carbocycles. The molecule has 6 heteroatoms. The third-order valence-corrected chi connectivity index (χ3v) is 2.98. The number of nitrogens with two attached hydrogens (primary N) is 1. The van der Waals surface area contributed by atoms with E-state index in [9.17, 15) is 4.79 Å². The normalized spacial score (nSPS) is 18.1. The van der Waals surface area contributed by atoms with Crippen molar-refractivity contribution < 1.29 is 9.53 Å². The van der Waals surface area contributed by atoms with E-state index >= 15 is 0 Å². The SMILES string of the molecule is CC(N)C(=O)N(CCC#N)CCN1CCOCC1. The molecule has 18 heavy (non-hydrogen) atoms. The fraction of sp³-hybridized carbons (Fsp3) is 0.833. The largest absolute Gasteiger partial charge is 0.379 e. The summed E-state index contributed by atoms with van der Waals surface area (Å²) >= 11 is 0. The Kier molecular flexibility index (Phi) is 6.65. The highest BCUT2D eigenvalue weighted by Crippen LogP contribution is 2.00. The van der Waals surface area contributed by atoms with Gasteiger partial charge in [0.1, 0.15) is 0 Å². The number of hydrogen-bond acceptors (Lipinski definition) is 5. The highest BCUT2D eigenvalue weighted by molar-refractivity contribution is 5.81. The first-order valence-corrected chi connectivity index (χ1v) is 6.36. The van der Waals surface area contributed by atoms with Crippen molar-refractivity contribution in [3.63, 3.8) is 0 Å². The predicted octanol–water partition coefficient (Wildman–Crippen LogP) is -0.592. The van der Waals surface area contributed by atoms with Crippen LogP contribution < -0.4 is 5.73 Å². The average Bonchev–Trinajstić information content (AvgIpc) is 2.39. The number of carbonyl (C=O) groups excluding carboxylic acids is 1. The van der Waals surface area contributed by atoms with Crippen molar-refractivity contribution >= 4 is 5.91 Å². The molecular weight excluding hydrogens is 232 g/mol. The summed E-state index contributed by atoms with van der Waals surface area (Å²) in [5.74, 6) is -0.0847. The summed E-state index contributed by atoms with van der Waals surface area (Å²) in [6, 6.07) is 1.56. The topological polar surface area (TPSA) is 82.6 Å². The van der Waals surface area contributed by atoms with Crippen molar-refractivity contribution in [2.75, 3.05) is 45.9 Å². The van der Waals surface area contributed by atoms with Gasteiger partial charge in [0.05, 0.1) is 31.7 Å². The van der Waals surface area contributed by atoms with Crippen LogP contribution in [0.15, 0.2) is 0 Å². The zero-order chi connectivity index (χ0) is 13.4. The van der Waals surface area contributed by atoms with E-state index in [1.165, 1.54) is 0 Å². The zero-order valence-electron chi connectivity index (χ0n) is 11.0. The van der Waals surface area contributed by atoms with Crippen LogP contribution in [-0.4, -0.2) is 67.7 Å². The minimum absolute atomic E-state index is 0.0847. The molecule has 1 unspecified atom stereocenters. The Morgan fingerprint density at radius 2 is 2.17 bits per heavy atom. The van der Waals surface area contributed by atoms with Crippen LogP contribution in [0.25, 0.3) is 0 Å². The van der Waals surface area contributed by atoms with Crippen molar-refractivity contribution in [2.24, 2.45) is 5.73 Å². The summed E-state index contributed by atoms with van der Waals surface area (Å²) in [5, 5.41) is 8.61. The van der Waals surface area contributed by atoms with Crippen molar-refractivity contribution in [1.82, 2.24) is 9.80 Å². The van der Waals surface area contributed by atoms with Crippen LogP contribution in [-0.2, 0) is 9.53 Å². The summed E-state index contributed by atoms with van der Waals surface area (Å²) < 4.78 is 5.27. The molecule has 1 atom stereocenters. The van der Waals surface area contributed by atoms with Gasteiger partial charge in [0.15, 0.2) is 0 Å². The molecule has 0 aromatic rings. The number of carbonyl (C=O) groups is 1. The second kappa shape index (κ2) is 8.03. The van der Waals surface area contributed by atoms with Gasteiger partial charge in [0, 0.05) is 32.7 Å². The lowest BCUT2D eigenvalue weighted by atomic mass is 10.2. The molecule has 1 amide bonds. The maximum absolute atomic E-state index is 11.9. The van der Waals surface area contributed by atoms with E-state index in [2.05, 4.69) is 11.0 Å². The minimum atomic E-state index is -0.506. The molecule has 0 spiro atoms. The van der Waals surface area contributed by atoms with Gasteiger partial charge in [-0.3, -0.25) is 9.69 Å². The summed E-state index contributed by atoms with van der Waals surface area (Å²) in [4.78, 5) is 15.8. The Morgan fingerprint density at radius 3 is 2.72 bits per heavy atom. The third kappa shape index (κ3) is 5.00.